The molecule has 3 nitrogen and oxygen atoms in total. The maximum atomic E-state index is 6.05. The minimum atomic E-state index is 0.181. The van der Waals surface area contributed by atoms with Crippen LogP contribution in [0.15, 0.2) is 41.0 Å². The molecule has 1 atom stereocenters. The van der Waals surface area contributed by atoms with Gasteiger partial charge in [-0.25, -0.2) is 0 Å². The molecule has 100 valence electrons. The molecule has 19 heavy (non-hydrogen) atoms. The van der Waals surface area contributed by atoms with Crippen molar-refractivity contribution < 1.29 is 9.15 Å². The fraction of sp³-hybridized carbons (Fsp3) is 0.375. The molecule has 0 spiro atoms. The van der Waals surface area contributed by atoms with Crippen molar-refractivity contribution >= 4 is 0 Å². The third-order valence-corrected chi connectivity index (χ3v) is 3.79. The van der Waals surface area contributed by atoms with Crippen LogP contribution < -0.4 is 5.73 Å². The Labute approximate surface area is 113 Å². The zero-order valence-corrected chi connectivity index (χ0v) is 11.0. The van der Waals surface area contributed by atoms with Crippen LogP contribution in [0.5, 0.6) is 0 Å². The van der Waals surface area contributed by atoms with Crippen LogP contribution in [0.3, 0.4) is 0 Å². The van der Waals surface area contributed by atoms with Crippen LogP contribution in [0.1, 0.15) is 41.4 Å². The first kappa shape index (κ1) is 12.5. The Morgan fingerprint density at radius 1 is 1.26 bits per heavy atom. The molecule has 2 N–H and O–H groups in total. The first-order valence-electron chi connectivity index (χ1n) is 6.83. The highest BCUT2D eigenvalue weighted by molar-refractivity contribution is 5.31. The molecule has 0 bridgehead atoms. The molecule has 1 aliphatic carbocycles. The summed E-state index contributed by atoms with van der Waals surface area (Å²) in [6.07, 6.45) is 5.28. The lowest BCUT2D eigenvalue weighted by Crippen LogP contribution is -2.13. The number of aryl methyl sites for hydroxylation is 1. The lowest BCUT2D eigenvalue weighted by molar-refractivity contribution is 0.0188. The van der Waals surface area contributed by atoms with Crippen molar-refractivity contribution in [3.8, 4) is 0 Å². The Hall–Kier alpha value is -1.58. The molecule has 0 radical (unpaired) electrons. The van der Waals surface area contributed by atoms with Gasteiger partial charge in [0.15, 0.2) is 0 Å². The third kappa shape index (κ3) is 2.57. The summed E-state index contributed by atoms with van der Waals surface area (Å²) >= 11 is 0. The molecular formula is C16H19NO2. The summed E-state index contributed by atoms with van der Waals surface area (Å²) in [5.41, 5.74) is 9.44. The topological polar surface area (TPSA) is 48.4 Å². The van der Waals surface area contributed by atoms with E-state index in [0.29, 0.717) is 13.2 Å². The predicted octanol–water partition coefficient (Wildman–Crippen LogP) is 3.33. The van der Waals surface area contributed by atoms with Gasteiger partial charge < -0.3 is 14.9 Å². The normalized spacial score (nSPS) is 18.3. The molecule has 0 amide bonds. The Balaban J connectivity index is 1.71. The molecule has 1 aliphatic rings. The first-order valence-corrected chi connectivity index (χ1v) is 6.83. The highest BCUT2D eigenvalue weighted by Crippen LogP contribution is 2.33. The molecule has 3 heteroatoms. The highest BCUT2D eigenvalue weighted by atomic mass is 16.5. The fourth-order valence-corrected chi connectivity index (χ4v) is 2.73. The summed E-state index contributed by atoms with van der Waals surface area (Å²) in [6.45, 7) is 0.995. The van der Waals surface area contributed by atoms with E-state index in [9.17, 15) is 0 Å². The molecule has 0 saturated carbocycles. The predicted molar refractivity (Wildman–Crippen MR) is 73.5 cm³/mol. The van der Waals surface area contributed by atoms with Crippen LogP contribution in [0.25, 0.3) is 0 Å². The van der Waals surface area contributed by atoms with Gasteiger partial charge in [-0.05, 0) is 36.5 Å². The van der Waals surface area contributed by atoms with Gasteiger partial charge in [0, 0.05) is 12.1 Å². The van der Waals surface area contributed by atoms with E-state index in [4.69, 9.17) is 14.9 Å². The minimum Gasteiger partial charge on any atom is -0.467 e. The molecule has 0 saturated heterocycles. The summed E-state index contributed by atoms with van der Waals surface area (Å²) in [5, 5.41) is 0. The van der Waals surface area contributed by atoms with E-state index in [0.717, 1.165) is 24.2 Å². The number of benzene rings is 1. The minimum absolute atomic E-state index is 0.181. The molecule has 3 rings (SSSR count). The van der Waals surface area contributed by atoms with Crippen molar-refractivity contribution in [1.82, 2.24) is 0 Å². The second kappa shape index (κ2) is 5.59. The van der Waals surface area contributed by atoms with Gasteiger partial charge in [-0.2, -0.15) is 0 Å². The molecule has 1 unspecified atom stereocenters. The quantitative estimate of drug-likeness (QED) is 0.914. The van der Waals surface area contributed by atoms with Crippen molar-refractivity contribution in [1.29, 1.82) is 0 Å². The number of hydrogen-bond donors (Lipinski definition) is 1. The largest absolute Gasteiger partial charge is 0.467 e. The molecule has 1 heterocycles. The van der Waals surface area contributed by atoms with Gasteiger partial charge in [0.2, 0.25) is 0 Å². The highest BCUT2D eigenvalue weighted by Gasteiger charge is 2.20. The Bertz CT molecular complexity index is 547. The van der Waals surface area contributed by atoms with Gasteiger partial charge >= 0.3 is 0 Å². The van der Waals surface area contributed by atoms with Crippen LogP contribution in [0, 0.1) is 0 Å². The van der Waals surface area contributed by atoms with E-state index in [1.807, 2.05) is 6.07 Å². The van der Waals surface area contributed by atoms with Crippen molar-refractivity contribution in [2.24, 2.45) is 5.73 Å². The van der Waals surface area contributed by atoms with Gasteiger partial charge in [-0.15, -0.1) is 0 Å². The van der Waals surface area contributed by atoms with E-state index >= 15 is 0 Å². The Morgan fingerprint density at radius 3 is 3.05 bits per heavy atom. The number of rotatable bonds is 4. The maximum absolute atomic E-state index is 6.05. The fourth-order valence-electron chi connectivity index (χ4n) is 2.73. The van der Waals surface area contributed by atoms with Crippen LogP contribution >= 0.6 is 0 Å². The number of nitrogens with two attached hydrogens (primary N) is 1. The Morgan fingerprint density at radius 2 is 2.16 bits per heavy atom. The Kier molecular flexibility index (Phi) is 3.67. The number of ether oxygens (including phenoxy) is 1. The van der Waals surface area contributed by atoms with Crippen molar-refractivity contribution in [2.75, 3.05) is 0 Å². The molecule has 2 aromatic rings. The average Bonchev–Trinajstić information content (AvgIpc) is 2.92. The number of hydrogen-bond acceptors (Lipinski definition) is 3. The van der Waals surface area contributed by atoms with Crippen molar-refractivity contribution in [2.45, 2.75) is 38.5 Å². The average molecular weight is 257 g/mol. The smallest absolute Gasteiger partial charge is 0.133 e. The lowest BCUT2D eigenvalue weighted by Gasteiger charge is -2.25. The maximum Gasteiger partial charge on any atom is 0.133 e. The summed E-state index contributed by atoms with van der Waals surface area (Å²) in [5.74, 6) is 0.852. The van der Waals surface area contributed by atoms with Gasteiger partial charge in [0.25, 0.3) is 0 Å². The second-order valence-electron chi connectivity index (χ2n) is 4.96. The summed E-state index contributed by atoms with van der Waals surface area (Å²) in [7, 11) is 0. The van der Waals surface area contributed by atoms with Crippen molar-refractivity contribution in [3.05, 3.63) is 59.0 Å². The van der Waals surface area contributed by atoms with E-state index in [1.165, 1.54) is 17.5 Å². The molecule has 1 aromatic carbocycles. The zero-order valence-electron chi connectivity index (χ0n) is 11.0. The van der Waals surface area contributed by atoms with E-state index in [-0.39, 0.29) is 6.10 Å². The number of furan rings is 1. The third-order valence-electron chi connectivity index (χ3n) is 3.79. The molecule has 0 aliphatic heterocycles. The molecule has 1 aromatic heterocycles. The lowest BCUT2D eigenvalue weighted by atomic mass is 9.89. The van der Waals surface area contributed by atoms with Gasteiger partial charge in [-0.3, -0.25) is 0 Å². The van der Waals surface area contributed by atoms with Crippen LogP contribution in [0.4, 0.5) is 0 Å². The number of fused-ring (bicyclic) bond motifs is 1. The van der Waals surface area contributed by atoms with Crippen LogP contribution in [-0.4, -0.2) is 0 Å². The summed E-state index contributed by atoms with van der Waals surface area (Å²) < 4.78 is 11.5. The monoisotopic (exact) mass is 257 g/mol. The SMILES string of the molecule is NCc1ccoc1COC1CCCc2ccccc21. The zero-order chi connectivity index (χ0) is 13.1. The second-order valence-corrected chi connectivity index (χ2v) is 4.96. The summed E-state index contributed by atoms with van der Waals surface area (Å²) in [4.78, 5) is 0. The van der Waals surface area contributed by atoms with Gasteiger partial charge in [-0.1, -0.05) is 24.3 Å². The van der Waals surface area contributed by atoms with Crippen LogP contribution in [0.2, 0.25) is 0 Å². The van der Waals surface area contributed by atoms with Crippen molar-refractivity contribution in [3.63, 3.8) is 0 Å². The van der Waals surface area contributed by atoms with E-state index < -0.39 is 0 Å². The molecular weight excluding hydrogens is 238 g/mol. The van der Waals surface area contributed by atoms with Gasteiger partial charge in [0.05, 0.1) is 12.4 Å². The molecule has 0 fully saturated rings. The van der Waals surface area contributed by atoms with E-state index in [1.54, 1.807) is 6.26 Å². The van der Waals surface area contributed by atoms with Crippen LogP contribution in [-0.2, 0) is 24.3 Å². The van der Waals surface area contributed by atoms with Gasteiger partial charge in [0.1, 0.15) is 12.4 Å². The first-order chi connectivity index (χ1) is 9.38. The summed E-state index contributed by atoms with van der Waals surface area (Å²) in [6, 6.07) is 10.5. The van der Waals surface area contributed by atoms with E-state index in [2.05, 4.69) is 24.3 Å². The standard InChI is InChI=1S/C16H19NO2/c17-10-13-8-9-18-16(13)11-19-15-7-3-5-12-4-1-2-6-14(12)15/h1-2,4,6,8-9,15H,3,5,7,10-11,17H2.